The van der Waals surface area contributed by atoms with Crippen molar-refractivity contribution in [3.63, 3.8) is 0 Å². The normalized spacial score (nSPS) is 21.2. The molecule has 0 bridgehead atoms. The SMILES string of the molecule is CN1C(=O)NC(=O)C12Cc1ccc(NC(=O)CN(Cc3ccccc3)C(=O)C3CC3)cc1C2. The topological polar surface area (TPSA) is 98.8 Å². The Morgan fingerprint density at radius 3 is 2.48 bits per heavy atom. The molecule has 5 rings (SSSR count). The fourth-order valence-corrected chi connectivity index (χ4v) is 4.75. The Bertz CT molecular complexity index is 1140. The molecule has 170 valence electrons. The third-order valence-electron chi connectivity index (χ3n) is 6.83. The van der Waals surface area contributed by atoms with E-state index in [0.717, 1.165) is 29.5 Å². The standard InChI is InChI=1S/C25H26N4O4/c1-28-24(33)27-23(32)25(28)12-18-9-10-20(11-19(18)13-25)26-21(30)15-29(22(31)17-7-8-17)14-16-5-3-2-4-6-16/h2-6,9-11,17H,7-8,12-15H2,1H3,(H,26,30)(H,27,32,33). The molecule has 3 aliphatic rings. The van der Waals surface area contributed by atoms with Gasteiger partial charge in [0.1, 0.15) is 12.1 Å². The smallest absolute Gasteiger partial charge is 0.324 e. The van der Waals surface area contributed by atoms with E-state index >= 15 is 0 Å². The van der Waals surface area contributed by atoms with E-state index in [1.165, 1.54) is 4.90 Å². The van der Waals surface area contributed by atoms with E-state index in [4.69, 9.17) is 0 Å². The summed E-state index contributed by atoms with van der Waals surface area (Å²) >= 11 is 0. The molecule has 1 saturated carbocycles. The molecule has 33 heavy (non-hydrogen) atoms. The zero-order valence-corrected chi connectivity index (χ0v) is 18.5. The number of nitrogens with zero attached hydrogens (tertiary/aromatic N) is 2. The maximum Gasteiger partial charge on any atom is 0.324 e. The molecule has 2 aliphatic carbocycles. The van der Waals surface area contributed by atoms with Gasteiger partial charge in [0.2, 0.25) is 11.8 Å². The number of carbonyl (C=O) groups excluding carboxylic acids is 4. The Hall–Kier alpha value is -3.68. The number of benzene rings is 2. The lowest BCUT2D eigenvalue weighted by Crippen LogP contribution is -2.48. The molecule has 5 amide bonds. The molecule has 0 radical (unpaired) electrons. The van der Waals surface area contributed by atoms with Crippen LogP contribution < -0.4 is 10.6 Å². The van der Waals surface area contributed by atoms with Crippen molar-refractivity contribution < 1.29 is 19.2 Å². The van der Waals surface area contributed by atoms with Gasteiger partial charge in [-0.3, -0.25) is 19.7 Å². The first kappa shape index (κ1) is 21.2. The van der Waals surface area contributed by atoms with Crippen LogP contribution in [-0.2, 0) is 33.8 Å². The second-order valence-electron chi connectivity index (χ2n) is 9.19. The van der Waals surface area contributed by atoms with Crippen molar-refractivity contribution in [1.82, 2.24) is 15.1 Å². The highest BCUT2D eigenvalue weighted by atomic mass is 16.2. The molecule has 2 N–H and O–H groups in total. The van der Waals surface area contributed by atoms with E-state index in [1.807, 2.05) is 42.5 Å². The number of anilines is 1. The number of fused-ring (bicyclic) bond motifs is 1. The van der Waals surface area contributed by atoms with Crippen molar-refractivity contribution >= 4 is 29.4 Å². The van der Waals surface area contributed by atoms with Gasteiger partial charge in [0.25, 0.3) is 5.91 Å². The Labute approximate surface area is 191 Å². The molecule has 1 atom stereocenters. The summed E-state index contributed by atoms with van der Waals surface area (Å²) in [6.45, 7) is 0.372. The highest BCUT2D eigenvalue weighted by Crippen LogP contribution is 2.38. The van der Waals surface area contributed by atoms with Gasteiger partial charge < -0.3 is 15.1 Å². The molecule has 1 heterocycles. The van der Waals surface area contributed by atoms with Crippen molar-refractivity contribution in [2.75, 3.05) is 18.9 Å². The van der Waals surface area contributed by atoms with E-state index in [1.54, 1.807) is 18.0 Å². The Morgan fingerprint density at radius 2 is 1.82 bits per heavy atom. The molecule has 1 unspecified atom stereocenters. The maximum atomic E-state index is 12.8. The third kappa shape index (κ3) is 3.97. The first-order valence-corrected chi connectivity index (χ1v) is 11.2. The fourth-order valence-electron chi connectivity index (χ4n) is 4.75. The minimum Gasteiger partial charge on any atom is -0.329 e. The van der Waals surface area contributed by atoms with Crippen molar-refractivity contribution in [1.29, 1.82) is 0 Å². The summed E-state index contributed by atoms with van der Waals surface area (Å²) in [5.74, 6) is -0.509. The number of nitrogens with one attached hydrogen (secondary N) is 2. The average Bonchev–Trinajstić information content (AvgIpc) is 3.54. The van der Waals surface area contributed by atoms with Gasteiger partial charge in [-0.05, 0) is 41.7 Å². The summed E-state index contributed by atoms with van der Waals surface area (Å²) in [7, 11) is 1.63. The number of hydrogen-bond donors (Lipinski definition) is 2. The van der Waals surface area contributed by atoms with Gasteiger partial charge >= 0.3 is 6.03 Å². The highest BCUT2D eigenvalue weighted by molar-refractivity contribution is 6.07. The minimum absolute atomic E-state index is 0.0184. The van der Waals surface area contributed by atoms with Gasteiger partial charge in [0, 0.05) is 38.0 Å². The van der Waals surface area contributed by atoms with Crippen LogP contribution in [0.3, 0.4) is 0 Å². The van der Waals surface area contributed by atoms with E-state index in [0.29, 0.717) is 25.1 Å². The molecule has 8 heteroatoms. The average molecular weight is 447 g/mol. The van der Waals surface area contributed by atoms with E-state index in [2.05, 4.69) is 10.6 Å². The molecule has 2 aromatic carbocycles. The number of imide groups is 1. The first-order valence-electron chi connectivity index (χ1n) is 11.2. The molecule has 1 saturated heterocycles. The summed E-state index contributed by atoms with van der Waals surface area (Å²) in [5.41, 5.74) is 2.61. The van der Waals surface area contributed by atoms with Crippen LogP contribution in [0, 0.1) is 5.92 Å². The third-order valence-corrected chi connectivity index (χ3v) is 6.83. The number of urea groups is 1. The summed E-state index contributed by atoms with van der Waals surface area (Å²) in [4.78, 5) is 53.1. The van der Waals surface area contributed by atoms with Crippen molar-refractivity contribution in [2.45, 2.75) is 37.8 Å². The monoisotopic (exact) mass is 446 g/mol. The van der Waals surface area contributed by atoms with Gasteiger partial charge in [-0.1, -0.05) is 36.4 Å². The molecule has 8 nitrogen and oxygen atoms in total. The van der Waals surface area contributed by atoms with Crippen LogP contribution in [0.25, 0.3) is 0 Å². The van der Waals surface area contributed by atoms with Crippen LogP contribution in [0.1, 0.15) is 29.5 Å². The molecular weight excluding hydrogens is 420 g/mol. The zero-order valence-electron chi connectivity index (χ0n) is 18.5. The van der Waals surface area contributed by atoms with Gasteiger partial charge in [-0.2, -0.15) is 0 Å². The predicted molar refractivity (Wildman–Crippen MR) is 121 cm³/mol. The number of rotatable bonds is 6. The lowest BCUT2D eigenvalue weighted by molar-refractivity contribution is -0.136. The van der Waals surface area contributed by atoms with Crippen LogP contribution in [0.2, 0.25) is 0 Å². The zero-order chi connectivity index (χ0) is 23.2. The Morgan fingerprint density at radius 1 is 1.09 bits per heavy atom. The van der Waals surface area contributed by atoms with Crippen LogP contribution in [0.15, 0.2) is 48.5 Å². The number of amides is 5. The fraction of sp³-hybridized carbons (Fsp3) is 0.360. The van der Waals surface area contributed by atoms with E-state index < -0.39 is 5.54 Å². The summed E-state index contributed by atoms with van der Waals surface area (Å²) in [6, 6.07) is 14.8. The second-order valence-corrected chi connectivity index (χ2v) is 9.19. The number of hydrogen-bond acceptors (Lipinski definition) is 4. The summed E-state index contributed by atoms with van der Waals surface area (Å²) in [5, 5.41) is 5.29. The van der Waals surface area contributed by atoms with Crippen LogP contribution in [-0.4, -0.2) is 52.7 Å². The molecule has 1 aliphatic heterocycles. The van der Waals surface area contributed by atoms with E-state index in [9.17, 15) is 19.2 Å². The Balaban J connectivity index is 1.27. The van der Waals surface area contributed by atoms with Crippen LogP contribution in [0.4, 0.5) is 10.5 Å². The highest BCUT2D eigenvalue weighted by Gasteiger charge is 2.54. The number of carbonyl (C=O) groups is 4. The predicted octanol–water partition coefficient (Wildman–Crippen LogP) is 2.08. The largest absolute Gasteiger partial charge is 0.329 e. The number of likely N-dealkylation sites (N-methyl/N-ethyl adjacent to an activating group) is 1. The lowest BCUT2D eigenvalue weighted by atomic mass is 9.95. The molecule has 1 spiro atoms. The summed E-state index contributed by atoms with van der Waals surface area (Å²) < 4.78 is 0. The lowest BCUT2D eigenvalue weighted by Gasteiger charge is -2.27. The van der Waals surface area contributed by atoms with Crippen molar-refractivity contribution in [3.8, 4) is 0 Å². The second kappa shape index (κ2) is 8.03. The van der Waals surface area contributed by atoms with Crippen molar-refractivity contribution in [3.05, 3.63) is 65.2 Å². The van der Waals surface area contributed by atoms with Gasteiger partial charge in [0.15, 0.2) is 0 Å². The minimum atomic E-state index is -0.898. The summed E-state index contributed by atoms with van der Waals surface area (Å²) in [6.07, 6.45) is 2.61. The van der Waals surface area contributed by atoms with Gasteiger partial charge in [0.05, 0.1) is 0 Å². The molecule has 2 aromatic rings. The first-order chi connectivity index (χ1) is 15.9. The van der Waals surface area contributed by atoms with Crippen LogP contribution >= 0.6 is 0 Å². The maximum absolute atomic E-state index is 12.8. The molecular formula is C25H26N4O4. The van der Waals surface area contributed by atoms with Gasteiger partial charge in [-0.25, -0.2) is 4.79 Å². The Kier molecular flexibility index (Phi) is 5.15. The van der Waals surface area contributed by atoms with E-state index in [-0.39, 0.29) is 36.2 Å². The molecule has 0 aromatic heterocycles. The van der Waals surface area contributed by atoms with Crippen LogP contribution in [0.5, 0.6) is 0 Å². The molecule has 2 fully saturated rings. The van der Waals surface area contributed by atoms with Crippen molar-refractivity contribution in [2.24, 2.45) is 5.92 Å². The van der Waals surface area contributed by atoms with Gasteiger partial charge in [-0.15, -0.1) is 0 Å². The quantitative estimate of drug-likeness (QED) is 0.664.